The minimum absolute atomic E-state index is 0.696. The molecule has 0 saturated heterocycles. The summed E-state index contributed by atoms with van der Waals surface area (Å²) < 4.78 is 10.4. The number of nitrogens with one attached hydrogen (secondary N) is 1. The molecule has 0 bridgehead atoms. The highest BCUT2D eigenvalue weighted by molar-refractivity contribution is 5.61. The third kappa shape index (κ3) is 3.43. The molecule has 1 aromatic carbocycles. The van der Waals surface area contributed by atoms with Gasteiger partial charge in [0.2, 0.25) is 0 Å². The molecule has 0 aliphatic heterocycles. The largest absolute Gasteiger partial charge is 0.383 e. The molecule has 0 fully saturated rings. The summed E-state index contributed by atoms with van der Waals surface area (Å²) in [6.07, 6.45) is 0. The second-order valence-corrected chi connectivity index (χ2v) is 4.62. The maximum absolute atomic E-state index is 5.46. The molecule has 2 rings (SSSR count). The van der Waals surface area contributed by atoms with Crippen molar-refractivity contribution in [1.82, 2.24) is 10.5 Å². The van der Waals surface area contributed by atoms with E-state index in [-0.39, 0.29) is 0 Å². The molecule has 0 unspecified atom stereocenters. The lowest BCUT2D eigenvalue weighted by atomic mass is 10.1. The van der Waals surface area contributed by atoms with Gasteiger partial charge in [0.05, 0.1) is 6.61 Å². The Kier molecular flexibility index (Phi) is 4.71. The van der Waals surface area contributed by atoms with E-state index in [4.69, 9.17) is 9.26 Å². The summed E-state index contributed by atoms with van der Waals surface area (Å²) in [7, 11) is 1.69. The van der Waals surface area contributed by atoms with Gasteiger partial charge in [0.15, 0.2) is 5.76 Å². The Bertz CT molecular complexity index is 517. The number of nitrogens with zero attached hydrogens (tertiary/aromatic N) is 1. The van der Waals surface area contributed by atoms with E-state index >= 15 is 0 Å². The van der Waals surface area contributed by atoms with Crippen LogP contribution < -0.4 is 5.32 Å². The second-order valence-electron chi connectivity index (χ2n) is 4.62. The maximum atomic E-state index is 5.46. The van der Waals surface area contributed by atoms with Crippen LogP contribution in [0.5, 0.6) is 0 Å². The summed E-state index contributed by atoms with van der Waals surface area (Å²) in [4.78, 5) is 0. The minimum atomic E-state index is 0.696. The third-order valence-corrected chi connectivity index (χ3v) is 3.11. The van der Waals surface area contributed by atoms with Crippen molar-refractivity contribution in [3.05, 3.63) is 41.1 Å². The molecule has 0 aliphatic rings. The van der Waals surface area contributed by atoms with Crippen LogP contribution in [-0.2, 0) is 11.3 Å². The summed E-state index contributed by atoms with van der Waals surface area (Å²) in [5, 5.41) is 7.40. The van der Waals surface area contributed by atoms with E-state index in [9.17, 15) is 0 Å². The normalized spacial score (nSPS) is 10.9. The first-order chi connectivity index (χ1) is 9.22. The first-order valence-corrected chi connectivity index (χ1v) is 6.44. The first-order valence-electron chi connectivity index (χ1n) is 6.44. The molecule has 0 atom stereocenters. The Morgan fingerprint density at radius 1 is 1.21 bits per heavy atom. The van der Waals surface area contributed by atoms with Crippen LogP contribution in [0.2, 0.25) is 0 Å². The molecule has 1 heterocycles. The number of methoxy groups -OCH3 is 1. The molecule has 0 saturated carbocycles. The van der Waals surface area contributed by atoms with E-state index in [1.54, 1.807) is 7.11 Å². The zero-order chi connectivity index (χ0) is 13.7. The standard InChI is InChI=1S/C15H20N2O2/c1-11-4-6-13(7-5-11)15-12(2)14(17-19-15)10-16-8-9-18-3/h4-7,16H,8-10H2,1-3H3. The summed E-state index contributed by atoms with van der Waals surface area (Å²) in [5.74, 6) is 0.851. The summed E-state index contributed by atoms with van der Waals surface area (Å²) in [6.45, 7) is 6.32. The van der Waals surface area contributed by atoms with Crippen LogP contribution in [0.4, 0.5) is 0 Å². The molecule has 1 N–H and O–H groups in total. The van der Waals surface area contributed by atoms with Crippen LogP contribution in [0, 0.1) is 13.8 Å². The van der Waals surface area contributed by atoms with Gasteiger partial charge < -0.3 is 14.6 Å². The Balaban J connectivity index is 2.07. The molecule has 4 nitrogen and oxygen atoms in total. The number of aromatic nitrogens is 1. The third-order valence-electron chi connectivity index (χ3n) is 3.11. The van der Waals surface area contributed by atoms with Crippen LogP contribution >= 0.6 is 0 Å². The lowest BCUT2D eigenvalue weighted by Crippen LogP contribution is -2.19. The number of benzene rings is 1. The van der Waals surface area contributed by atoms with Crippen LogP contribution in [-0.4, -0.2) is 25.4 Å². The first kappa shape index (κ1) is 13.8. The van der Waals surface area contributed by atoms with Gasteiger partial charge in [-0.25, -0.2) is 0 Å². The predicted octanol–water partition coefficient (Wildman–Crippen LogP) is 2.69. The smallest absolute Gasteiger partial charge is 0.170 e. The van der Waals surface area contributed by atoms with Gasteiger partial charge >= 0.3 is 0 Å². The molecule has 0 spiro atoms. The van der Waals surface area contributed by atoms with Crippen molar-refractivity contribution in [3.8, 4) is 11.3 Å². The fraction of sp³-hybridized carbons (Fsp3) is 0.400. The van der Waals surface area contributed by atoms with Gasteiger partial charge in [0, 0.05) is 31.3 Å². The van der Waals surface area contributed by atoms with E-state index in [0.29, 0.717) is 13.2 Å². The highest BCUT2D eigenvalue weighted by Crippen LogP contribution is 2.25. The lowest BCUT2D eigenvalue weighted by molar-refractivity contribution is 0.199. The predicted molar refractivity (Wildman–Crippen MR) is 75.0 cm³/mol. The van der Waals surface area contributed by atoms with Crippen molar-refractivity contribution in [2.45, 2.75) is 20.4 Å². The van der Waals surface area contributed by atoms with Gasteiger partial charge in [-0.3, -0.25) is 0 Å². The molecule has 0 amide bonds. The number of hydrogen-bond acceptors (Lipinski definition) is 4. The Morgan fingerprint density at radius 2 is 1.95 bits per heavy atom. The van der Waals surface area contributed by atoms with Crippen molar-refractivity contribution in [2.75, 3.05) is 20.3 Å². The van der Waals surface area contributed by atoms with E-state index in [0.717, 1.165) is 29.1 Å². The fourth-order valence-electron chi connectivity index (χ4n) is 1.89. The second kappa shape index (κ2) is 6.50. The molecule has 19 heavy (non-hydrogen) atoms. The molecule has 4 heteroatoms. The molecule has 102 valence electrons. The van der Waals surface area contributed by atoms with Crippen LogP contribution in [0.25, 0.3) is 11.3 Å². The van der Waals surface area contributed by atoms with E-state index in [1.165, 1.54) is 5.56 Å². The highest BCUT2D eigenvalue weighted by atomic mass is 16.5. The zero-order valence-corrected chi connectivity index (χ0v) is 11.7. The van der Waals surface area contributed by atoms with E-state index < -0.39 is 0 Å². The zero-order valence-electron chi connectivity index (χ0n) is 11.7. The van der Waals surface area contributed by atoms with Gasteiger partial charge in [-0.15, -0.1) is 0 Å². The van der Waals surface area contributed by atoms with Gasteiger partial charge in [-0.05, 0) is 13.8 Å². The molecule has 0 aliphatic carbocycles. The van der Waals surface area contributed by atoms with E-state index in [1.807, 2.05) is 6.92 Å². The molecular weight excluding hydrogens is 240 g/mol. The lowest BCUT2D eigenvalue weighted by Gasteiger charge is -2.02. The van der Waals surface area contributed by atoms with Gasteiger partial charge in [0.1, 0.15) is 5.69 Å². The summed E-state index contributed by atoms with van der Waals surface area (Å²) in [5.41, 5.74) is 4.35. The fourth-order valence-corrected chi connectivity index (χ4v) is 1.89. The van der Waals surface area contributed by atoms with Crippen molar-refractivity contribution >= 4 is 0 Å². The number of rotatable bonds is 6. The van der Waals surface area contributed by atoms with Gasteiger partial charge in [0.25, 0.3) is 0 Å². The quantitative estimate of drug-likeness (QED) is 0.811. The molecule has 1 aromatic heterocycles. The SMILES string of the molecule is COCCNCc1noc(-c2ccc(C)cc2)c1C. The minimum Gasteiger partial charge on any atom is -0.383 e. The number of aryl methyl sites for hydroxylation is 1. The van der Waals surface area contributed by atoms with Gasteiger partial charge in [-0.1, -0.05) is 35.0 Å². The molecule has 2 aromatic rings. The molecular formula is C15H20N2O2. The van der Waals surface area contributed by atoms with Crippen molar-refractivity contribution in [1.29, 1.82) is 0 Å². The number of ether oxygens (including phenoxy) is 1. The monoisotopic (exact) mass is 260 g/mol. The Hall–Kier alpha value is -1.65. The van der Waals surface area contributed by atoms with Crippen LogP contribution in [0.3, 0.4) is 0 Å². The van der Waals surface area contributed by atoms with Crippen molar-refractivity contribution in [3.63, 3.8) is 0 Å². The summed E-state index contributed by atoms with van der Waals surface area (Å²) in [6, 6.07) is 8.28. The van der Waals surface area contributed by atoms with Crippen molar-refractivity contribution < 1.29 is 9.26 Å². The van der Waals surface area contributed by atoms with Crippen LogP contribution in [0.15, 0.2) is 28.8 Å². The number of hydrogen-bond donors (Lipinski definition) is 1. The topological polar surface area (TPSA) is 47.3 Å². The maximum Gasteiger partial charge on any atom is 0.170 e. The molecule has 0 radical (unpaired) electrons. The van der Waals surface area contributed by atoms with Crippen LogP contribution in [0.1, 0.15) is 16.8 Å². The van der Waals surface area contributed by atoms with Gasteiger partial charge in [-0.2, -0.15) is 0 Å². The average Bonchev–Trinajstić information content (AvgIpc) is 2.77. The van der Waals surface area contributed by atoms with E-state index in [2.05, 4.69) is 41.7 Å². The Morgan fingerprint density at radius 3 is 2.63 bits per heavy atom. The summed E-state index contributed by atoms with van der Waals surface area (Å²) >= 11 is 0. The average molecular weight is 260 g/mol. The van der Waals surface area contributed by atoms with Crippen molar-refractivity contribution in [2.24, 2.45) is 0 Å². The Labute approximate surface area is 113 Å². The highest BCUT2D eigenvalue weighted by Gasteiger charge is 2.13.